The first-order valence-electron chi connectivity index (χ1n) is 8.29. The highest BCUT2D eigenvalue weighted by atomic mass is 32.2. The summed E-state index contributed by atoms with van der Waals surface area (Å²) >= 11 is 0. The number of sulfonamides is 1. The summed E-state index contributed by atoms with van der Waals surface area (Å²) in [5.41, 5.74) is 1.07. The van der Waals surface area contributed by atoms with Crippen molar-refractivity contribution in [2.24, 2.45) is 0 Å². The Morgan fingerprint density at radius 2 is 1.72 bits per heavy atom. The first-order chi connectivity index (χ1) is 11.6. The lowest BCUT2D eigenvalue weighted by molar-refractivity contribution is 0.175. The van der Waals surface area contributed by atoms with Crippen LogP contribution >= 0.6 is 0 Å². The Balaban J connectivity index is 2.30. The van der Waals surface area contributed by atoms with Gasteiger partial charge in [-0.1, -0.05) is 32.9 Å². The Morgan fingerprint density at radius 1 is 1.08 bits per heavy atom. The molecule has 6 heteroatoms. The lowest BCUT2D eigenvalue weighted by Gasteiger charge is -2.22. The first kappa shape index (κ1) is 19.7. The summed E-state index contributed by atoms with van der Waals surface area (Å²) in [6.07, 6.45) is 0. The van der Waals surface area contributed by atoms with E-state index in [4.69, 9.17) is 9.15 Å². The van der Waals surface area contributed by atoms with Gasteiger partial charge < -0.3 is 9.15 Å². The molecule has 0 bridgehead atoms. The van der Waals surface area contributed by atoms with Gasteiger partial charge in [0, 0.05) is 13.7 Å². The SMILES string of the molecule is COCCN(Cc1ccc(C)o1)S(=O)(=O)c1ccc(C(C)(C)C)cc1. The number of rotatable bonds is 7. The molecule has 0 atom stereocenters. The van der Waals surface area contributed by atoms with E-state index in [1.54, 1.807) is 25.3 Å². The van der Waals surface area contributed by atoms with Crippen LogP contribution in [-0.4, -0.2) is 33.0 Å². The Labute approximate surface area is 150 Å². The molecule has 1 heterocycles. The fraction of sp³-hybridized carbons (Fsp3) is 0.474. The lowest BCUT2D eigenvalue weighted by atomic mass is 9.87. The summed E-state index contributed by atoms with van der Waals surface area (Å²) in [6, 6.07) is 10.7. The van der Waals surface area contributed by atoms with Crippen LogP contribution in [0.3, 0.4) is 0 Å². The zero-order valence-electron chi connectivity index (χ0n) is 15.6. The summed E-state index contributed by atoms with van der Waals surface area (Å²) in [7, 11) is -2.08. The molecule has 2 aromatic rings. The number of hydrogen-bond donors (Lipinski definition) is 0. The van der Waals surface area contributed by atoms with E-state index in [1.807, 2.05) is 25.1 Å². The molecular weight excluding hydrogens is 338 g/mol. The monoisotopic (exact) mass is 365 g/mol. The normalized spacial score (nSPS) is 12.7. The molecule has 0 aliphatic carbocycles. The maximum absolute atomic E-state index is 13.0. The van der Waals surface area contributed by atoms with Crippen LogP contribution in [0.5, 0.6) is 0 Å². The van der Waals surface area contributed by atoms with Gasteiger partial charge in [-0.2, -0.15) is 4.31 Å². The van der Waals surface area contributed by atoms with Gasteiger partial charge in [-0.25, -0.2) is 8.42 Å². The number of methoxy groups -OCH3 is 1. The van der Waals surface area contributed by atoms with Gasteiger partial charge >= 0.3 is 0 Å². The van der Waals surface area contributed by atoms with Crippen LogP contribution < -0.4 is 0 Å². The van der Waals surface area contributed by atoms with Crippen LogP contribution in [0.2, 0.25) is 0 Å². The maximum Gasteiger partial charge on any atom is 0.243 e. The average molecular weight is 365 g/mol. The third-order valence-electron chi connectivity index (χ3n) is 4.03. The largest absolute Gasteiger partial charge is 0.465 e. The molecule has 0 saturated heterocycles. The van der Waals surface area contributed by atoms with Gasteiger partial charge in [0.15, 0.2) is 0 Å². The van der Waals surface area contributed by atoms with Gasteiger partial charge in [0.2, 0.25) is 10.0 Å². The molecule has 0 N–H and O–H groups in total. The van der Waals surface area contributed by atoms with Crippen LogP contribution in [0.1, 0.15) is 37.9 Å². The Kier molecular flexibility index (Phi) is 6.08. The third kappa shape index (κ3) is 4.93. The molecule has 0 radical (unpaired) electrons. The van der Waals surface area contributed by atoms with Crippen molar-refractivity contribution in [1.29, 1.82) is 0 Å². The van der Waals surface area contributed by atoms with E-state index < -0.39 is 10.0 Å². The molecule has 2 rings (SSSR count). The molecule has 0 aliphatic heterocycles. The lowest BCUT2D eigenvalue weighted by Crippen LogP contribution is -2.33. The van der Waals surface area contributed by atoms with Crippen molar-refractivity contribution in [3.8, 4) is 0 Å². The molecule has 0 amide bonds. The molecule has 1 aromatic heterocycles. The van der Waals surface area contributed by atoms with Crippen molar-refractivity contribution >= 4 is 10.0 Å². The van der Waals surface area contributed by atoms with E-state index >= 15 is 0 Å². The predicted octanol–water partition coefficient (Wildman–Crippen LogP) is 3.72. The van der Waals surface area contributed by atoms with E-state index in [9.17, 15) is 8.42 Å². The summed E-state index contributed by atoms with van der Waals surface area (Å²) < 4.78 is 38.1. The molecule has 25 heavy (non-hydrogen) atoms. The average Bonchev–Trinajstić information content (AvgIpc) is 2.95. The van der Waals surface area contributed by atoms with Crippen LogP contribution in [0.15, 0.2) is 45.7 Å². The van der Waals surface area contributed by atoms with Crippen LogP contribution in [0.25, 0.3) is 0 Å². The number of ether oxygens (including phenoxy) is 1. The van der Waals surface area contributed by atoms with Crippen molar-refractivity contribution in [2.75, 3.05) is 20.3 Å². The van der Waals surface area contributed by atoms with Crippen LogP contribution in [0.4, 0.5) is 0 Å². The molecule has 0 aliphatic rings. The van der Waals surface area contributed by atoms with E-state index in [0.717, 1.165) is 11.3 Å². The zero-order valence-corrected chi connectivity index (χ0v) is 16.4. The van der Waals surface area contributed by atoms with Crippen LogP contribution in [0, 0.1) is 6.92 Å². The van der Waals surface area contributed by atoms with E-state index in [1.165, 1.54) is 4.31 Å². The summed E-state index contributed by atoms with van der Waals surface area (Å²) in [5.74, 6) is 1.37. The second-order valence-electron chi connectivity index (χ2n) is 7.12. The van der Waals surface area contributed by atoms with E-state index in [2.05, 4.69) is 20.8 Å². The second-order valence-corrected chi connectivity index (χ2v) is 9.06. The highest BCUT2D eigenvalue weighted by Gasteiger charge is 2.26. The molecule has 0 fully saturated rings. The molecule has 0 saturated carbocycles. The van der Waals surface area contributed by atoms with Gasteiger partial charge in [-0.3, -0.25) is 0 Å². The van der Waals surface area contributed by atoms with Crippen molar-refractivity contribution in [1.82, 2.24) is 4.31 Å². The van der Waals surface area contributed by atoms with Crippen molar-refractivity contribution < 1.29 is 17.6 Å². The fourth-order valence-corrected chi connectivity index (χ4v) is 3.89. The molecule has 0 unspecified atom stereocenters. The number of benzene rings is 1. The van der Waals surface area contributed by atoms with Crippen molar-refractivity contribution in [3.63, 3.8) is 0 Å². The molecule has 1 aromatic carbocycles. The van der Waals surface area contributed by atoms with Crippen molar-refractivity contribution in [3.05, 3.63) is 53.5 Å². The van der Waals surface area contributed by atoms with Gasteiger partial charge in [0.05, 0.1) is 18.0 Å². The minimum absolute atomic E-state index is 0.0241. The van der Waals surface area contributed by atoms with Crippen molar-refractivity contribution in [2.45, 2.75) is 44.6 Å². The van der Waals surface area contributed by atoms with Gasteiger partial charge in [-0.15, -0.1) is 0 Å². The summed E-state index contributed by atoms with van der Waals surface area (Å²) in [5, 5.41) is 0. The number of furan rings is 1. The first-order valence-corrected chi connectivity index (χ1v) is 9.73. The Bertz CT molecular complexity index is 786. The Hall–Kier alpha value is -1.63. The number of aryl methyl sites for hydroxylation is 1. The molecule has 138 valence electrons. The summed E-state index contributed by atoms with van der Waals surface area (Å²) in [4.78, 5) is 0.278. The Morgan fingerprint density at radius 3 is 2.20 bits per heavy atom. The summed E-state index contributed by atoms with van der Waals surface area (Å²) in [6.45, 7) is 8.89. The maximum atomic E-state index is 13.0. The third-order valence-corrected chi connectivity index (χ3v) is 5.89. The zero-order chi connectivity index (χ0) is 18.7. The minimum Gasteiger partial charge on any atom is -0.465 e. The van der Waals surface area contributed by atoms with Crippen LogP contribution in [-0.2, 0) is 26.7 Å². The predicted molar refractivity (Wildman–Crippen MR) is 98.1 cm³/mol. The van der Waals surface area contributed by atoms with Gasteiger partial charge in [0.1, 0.15) is 11.5 Å². The number of hydrogen-bond acceptors (Lipinski definition) is 4. The minimum atomic E-state index is -3.63. The standard InChI is InChI=1S/C19H27NO4S/c1-15-6-9-17(24-15)14-20(12-13-23-5)25(21,22)18-10-7-16(8-11-18)19(2,3)4/h6-11H,12-14H2,1-5H3. The second kappa shape index (κ2) is 7.72. The highest BCUT2D eigenvalue weighted by Crippen LogP contribution is 2.25. The molecule has 0 spiro atoms. The fourth-order valence-electron chi connectivity index (χ4n) is 2.50. The molecular formula is C19H27NO4S. The van der Waals surface area contributed by atoms with Gasteiger partial charge in [0.25, 0.3) is 0 Å². The quantitative estimate of drug-likeness (QED) is 0.750. The molecule has 5 nitrogen and oxygen atoms in total. The van der Waals surface area contributed by atoms with Gasteiger partial charge in [-0.05, 0) is 42.2 Å². The smallest absolute Gasteiger partial charge is 0.243 e. The van der Waals surface area contributed by atoms with E-state index in [-0.39, 0.29) is 23.4 Å². The number of nitrogens with zero attached hydrogens (tertiary/aromatic N) is 1. The topological polar surface area (TPSA) is 59.8 Å². The highest BCUT2D eigenvalue weighted by molar-refractivity contribution is 7.89. The van der Waals surface area contributed by atoms with E-state index in [0.29, 0.717) is 12.4 Å².